The Morgan fingerprint density at radius 3 is 2.80 bits per heavy atom. The van der Waals surface area contributed by atoms with Gasteiger partial charge in [0.15, 0.2) is 0 Å². The third-order valence-corrected chi connectivity index (χ3v) is 4.63. The number of carbonyl (C=O) groups is 2. The molecule has 1 aliphatic heterocycles. The molecule has 3 rings (SSSR count). The van der Waals surface area contributed by atoms with Crippen molar-refractivity contribution >= 4 is 34.8 Å². The summed E-state index contributed by atoms with van der Waals surface area (Å²) >= 11 is 5.96. The van der Waals surface area contributed by atoms with Crippen LogP contribution < -0.4 is 10.2 Å². The van der Waals surface area contributed by atoms with Crippen molar-refractivity contribution in [1.29, 1.82) is 0 Å². The van der Waals surface area contributed by atoms with Gasteiger partial charge in [0.05, 0.1) is 6.42 Å². The maximum absolute atomic E-state index is 13.8. The lowest BCUT2D eigenvalue weighted by Crippen LogP contribution is -2.34. The van der Waals surface area contributed by atoms with E-state index in [4.69, 9.17) is 11.6 Å². The number of fused-ring (bicyclic) bond motifs is 1. The molecule has 0 saturated carbocycles. The smallest absolute Gasteiger partial charge is 0.228 e. The molecule has 0 spiro atoms. The second-order valence-electron chi connectivity index (χ2n) is 5.91. The Morgan fingerprint density at radius 1 is 1.28 bits per heavy atom. The molecule has 0 fully saturated rings. The maximum Gasteiger partial charge on any atom is 0.228 e. The fourth-order valence-electron chi connectivity index (χ4n) is 3.05. The number of hydrogen-bond acceptors (Lipinski definition) is 2. The van der Waals surface area contributed by atoms with Gasteiger partial charge in [0.1, 0.15) is 5.82 Å². The fourth-order valence-corrected chi connectivity index (χ4v) is 3.28. The lowest BCUT2D eigenvalue weighted by molar-refractivity contribution is -0.119. The molecule has 1 aliphatic rings. The minimum Gasteiger partial charge on any atom is -0.326 e. The summed E-state index contributed by atoms with van der Waals surface area (Å²) in [6, 6.07) is 9.80. The summed E-state index contributed by atoms with van der Waals surface area (Å²) in [6.45, 7) is 2.55. The van der Waals surface area contributed by atoms with Crippen LogP contribution >= 0.6 is 11.6 Å². The number of anilines is 2. The van der Waals surface area contributed by atoms with E-state index in [0.717, 1.165) is 11.3 Å². The normalized spacial score (nSPS) is 13.6. The van der Waals surface area contributed by atoms with Crippen LogP contribution in [0.4, 0.5) is 15.8 Å². The summed E-state index contributed by atoms with van der Waals surface area (Å²) in [5.41, 5.74) is 2.71. The highest BCUT2D eigenvalue weighted by Crippen LogP contribution is 2.30. The van der Waals surface area contributed by atoms with Gasteiger partial charge in [-0.1, -0.05) is 17.7 Å². The lowest BCUT2D eigenvalue weighted by Gasteiger charge is -2.28. The Labute approximate surface area is 150 Å². The van der Waals surface area contributed by atoms with E-state index in [-0.39, 0.29) is 28.8 Å². The van der Waals surface area contributed by atoms with Crippen molar-refractivity contribution in [2.75, 3.05) is 16.8 Å². The molecule has 0 saturated heterocycles. The maximum atomic E-state index is 13.8. The van der Waals surface area contributed by atoms with Crippen LogP contribution in [0.25, 0.3) is 0 Å². The summed E-state index contributed by atoms with van der Waals surface area (Å²) in [7, 11) is 0. The Hall–Kier alpha value is -2.40. The molecule has 2 amide bonds. The Kier molecular flexibility index (Phi) is 5.04. The van der Waals surface area contributed by atoms with Crippen LogP contribution in [0.1, 0.15) is 24.5 Å². The van der Waals surface area contributed by atoms with Crippen molar-refractivity contribution in [3.63, 3.8) is 0 Å². The van der Waals surface area contributed by atoms with Gasteiger partial charge < -0.3 is 10.2 Å². The number of benzene rings is 2. The number of amides is 2. The first-order valence-electron chi connectivity index (χ1n) is 8.15. The quantitative estimate of drug-likeness (QED) is 0.897. The van der Waals surface area contributed by atoms with Gasteiger partial charge in [-0.15, -0.1) is 0 Å². The molecular formula is C19H18ClFN2O2. The molecule has 0 unspecified atom stereocenters. The molecule has 25 heavy (non-hydrogen) atoms. The van der Waals surface area contributed by atoms with Crippen molar-refractivity contribution in [2.45, 2.75) is 26.2 Å². The molecule has 0 aromatic heterocycles. The van der Waals surface area contributed by atoms with Crippen LogP contribution in [0.15, 0.2) is 36.4 Å². The van der Waals surface area contributed by atoms with Gasteiger partial charge in [-0.2, -0.15) is 0 Å². The van der Waals surface area contributed by atoms with E-state index in [0.29, 0.717) is 25.1 Å². The van der Waals surface area contributed by atoms with Crippen molar-refractivity contribution < 1.29 is 14.0 Å². The first kappa shape index (κ1) is 17.4. The standard InChI is InChI=1S/C19H18ClFN2O2/c1-2-23-17-8-7-13(10-12(17)6-9-19(23)25)22-18(24)11-14-15(20)4-3-5-16(14)21/h3-5,7-8,10H,2,6,9,11H2,1H3,(H,22,24). The van der Waals surface area contributed by atoms with Gasteiger partial charge in [-0.05, 0) is 49.2 Å². The summed E-state index contributed by atoms with van der Waals surface area (Å²) in [5, 5.41) is 3.01. The van der Waals surface area contributed by atoms with Crippen LogP contribution in [-0.4, -0.2) is 18.4 Å². The highest BCUT2D eigenvalue weighted by atomic mass is 35.5. The van der Waals surface area contributed by atoms with Gasteiger partial charge in [0, 0.05) is 34.9 Å². The summed E-state index contributed by atoms with van der Waals surface area (Å²) < 4.78 is 13.8. The van der Waals surface area contributed by atoms with Gasteiger partial charge in [0.25, 0.3) is 0 Å². The van der Waals surface area contributed by atoms with Crippen molar-refractivity contribution in [2.24, 2.45) is 0 Å². The van der Waals surface area contributed by atoms with Crippen LogP contribution in [0, 0.1) is 5.82 Å². The Bertz CT molecular complexity index is 818. The first-order chi connectivity index (χ1) is 12.0. The summed E-state index contributed by atoms with van der Waals surface area (Å²) in [5.74, 6) is -0.725. The average Bonchev–Trinajstić information content (AvgIpc) is 2.58. The predicted molar refractivity (Wildman–Crippen MR) is 96.5 cm³/mol. The lowest BCUT2D eigenvalue weighted by atomic mass is 10.0. The minimum atomic E-state index is -0.495. The van der Waals surface area contributed by atoms with Gasteiger partial charge in [-0.25, -0.2) is 4.39 Å². The van der Waals surface area contributed by atoms with E-state index >= 15 is 0 Å². The van der Waals surface area contributed by atoms with Crippen LogP contribution in [0.2, 0.25) is 5.02 Å². The van der Waals surface area contributed by atoms with Crippen molar-refractivity contribution in [3.8, 4) is 0 Å². The molecule has 130 valence electrons. The molecule has 0 atom stereocenters. The molecule has 0 aliphatic carbocycles. The molecule has 4 nitrogen and oxygen atoms in total. The van der Waals surface area contributed by atoms with E-state index < -0.39 is 5.82 Å². The number of halogens is 2. The number of aryl methyl sites for hydroxylation is 1. The largest absolute Gasteiger partial charge is 0.326 e. The van der Waals surface area contributed by atoms with E-state index in [1.54, 1.807) is 17.0 Å². The number of nitrogens with zero attached hydrogens (tertiary/aromatic N) is 1. The molecule has 2 aromatic carbocycles. The number of carbonyl (C=O) groups excluding carboxylic acids is 2. The highest BCUT2D eigenvalue weighted by Gasteiger charge is 2.23. The molecule has 1 heterocycles. The Morgan fingerprint density at radius 2 is 2.08 bits per heavy atom. The number of hydrogen-bond donors (Lipinski definition) is 1. The van der Waals surface area contributed by atoms with Gasteiger partial charge in [0.2, 0.25) is 11.8 Å². The Balaban J connectivity index is 1.76. The second kappa shape index (κ2) is 7.23. The summed E-state index contributed by atoms with van der Waals surface area (Å²) in [4.78, 5) is 25.9. The number of rotatable bonds is 4. The van der Waals surface area contributed by atoms with Crippen molar-refractivity contribution in [1.82, 2.24) is 0 Å². The molecule has 6 heteroatoms. The molecule has 1 N–H and O–H groups in total. The molecule has 0 bridgehead atoms. The fraction of sp³-hybridized carbons (Fsp3) is 0.263. The zero-order valence-corrected chi connectivity index (χ0v) is 14.6. The predicted octanol–water partition coefficient (Wildman–Crippen LogP) is 3.96. The number of nitrogens with one attached hydrogen (secondary N) is 1. The van der Waals surface area contributed by atoms with Gasteiger partial charge in [-0.3, -0.25) is 9.59 Å². The third kappa shape index (κ3) is 3.66. The minimum absolute atomic E-state index is 0.112. The molecule has 0 radical (unpaired) electrons. The van der Waals surface area contributed by atoms with E-state index in [1.165, 1.54) is 12.1 Å². The molecule has 2 aromatic rings. The second-order valence-corrected chi connectivity index (χ2v) is 6.31. The SMILES string of the molecule is CCN1C(=O)CCc2cc(NC(=O)Cc3c(F)cccc3Cl)ccc21. The van der Waals surface area contributed by atoms with E-state index in [9.17, 15) is 14.0 Å². The van der Waals surface area contributed by atoms with Crippen LogP contribution in [0.3, 0.4) is 0 Å². The topological polar surface area (TPSA) is 49.4 Å². The van der Waals surface area contributed by atoms with Crippen LogP contribution in [-0.2, 0) is 22.4 Å². The van der Waals surface area contributed by atoms with Gasteiger partial charge >= 0.3 is 0 Å². The first-order valence-corrected chi connectivity index (χ1v) is 8.53. The highest BCUT2D eigenvalue weighted by molar-refractivity contribution is 6.31. The van der Waals surface area contributed by atoms with E-state index in [1.807, 2.05) is 19.1 Å². The van der Waals surface area contributed by atoms with Crippen LogP contribution in [0.5, 0.6) is 0 Å². The average molecular weight is 361 g/mol. The summed E-state index contributed by atoms with van der Waals surface area (Å²) in [6.07, 6.45) is 0.971. The van der Waals surface area contributed by atoms with E-state index in [2.05, 4.69) is 5.32 Å². The zero-order valence-electron chi connectivity index (χ0n) is 13.8. The van der Waals surface area contributed by atoms with Crippen molar-refractivity contribution in [3.05, 3.63) is 58.4 Å². The monoisotopic (exact) mass is 360 g/mol. The zero-order chi connectivity index (χ0) is 18.0. The third-order valence-electron chi connectivity index (χ3n) is 4.28. The molecular weight excluding hydrogens is 343 g/mol.